The number of rotatable bonds is 5. The Morgan fingerprint density at radius 1 is 0.737 bits per heavy atom. The van der Waals surface area contributed by atoms with Crippen molar-refractivity contribution < 1.29 is 0 Å². The van der Waals surface area contributed by atoms with Crippen molar-refractivity contribution in [3.63, 3.8) is 0 Å². The van der Waals surface area contributed by atoms with E-state index < -0.39 is 0 Å². The molecule has 0 atom stereocenters. The second-order valence-corrected chi connectivity index (χ2v) is 6.51. The van der Waals surface area contributed by atoms with Crippen LogP contribution >= 0.6 is 32.7 Å². The Labute approximate surface area is 130 Å². The van der Waals surface area contributed by atoms with Crippen molar-refractivity contribution in [2.45, 2.75) is 19.8 Å². The molecule has 0 N–H and O–H groups in total. The highest BCUT2D eigenvalue weighted by molar-refractivity contribution is 7.73. The largest absolute Gasteiger partial charge is 0.147 e. The molecule has 0 unspecified atom stereocenters. The van der Waals surface area contributed by atoms with Crippen LogP contribution in [0, 0.1) is 0 Å². The first-order chi connectivity index (χ1) is 8.42. The zero-order chi connectivity index (χ0) is 11.9. The average molecular weight is 315 g/mol. The first-order valence-corrected chi connectivity index (χ1v) is 7.82. The molecule has 0 radical (unpaired) electrons. The number of unbranched alkanes of at least 4 members (excludes halogenated alkanes) is 1. The average Bonchev–Trinajstić information content (AvgIpc) is 2.42. The summed E-state index contributed by atoms with van der Waals surface area (Å²) in [6, 6.07) is 21.9. The summed E-state index contributed by atoms with van der Waals surface area (Å²) in [6.07, 6.45) is 3.90. The molecular formula is C16H21Cl2P. The fourth-order valence-corrected chi connectivity index (χ4v) is 4.45. The molecule has 19 heavy (non-hydrogen) atoms. The predicted octanol–water partition coefficient (Wildman–Crippen LogP) is 4.76. The van der Waals surface area contributed by atoms with Gasteiger partial charge in [-0.3, -0.25) is 0 Å². The molecule has 0 saturated heterocycles. The Hall–Kier alpha value is -0.550. The standard InChI is InChI=1S/C16H19P.2ClH/c1-2-3-14-17(15-10-6-4-7-11-15)16-12-8-5-9-13-16;;/h4-13H,2-3,14H2,1H3;2*1H. The molecule has 0 heterocycles. The van der Waals surface area contributed by atoms with Crippen molar-refractivity contribution in [1.29, 1.82) is 0 Å². The molecule has 2 aromatic rings. The van der Waals surface area contributed by atoms with Crippen LogP contribution in [0.5, 0.6) is 0 Å². The van der Waals surface area contributed by atoms with Gasteiger partial charge < -0.3 is 0 Å². The summed E-state index contributed by atoms with van der Waals surface area (Å²) in [5.41, 5.74) is 0. The zero-order valence-corrected chi connectivity index (χ0v) is 13.7. The quantitative estimate of drug-likeness (QED) is 0.698. The van der Waals surface area contributed by atoms with Crippen molar-refractivity contribution in [2.75, 3.05) is 6.16 Å². The molecule has 0 aromatic heterocycles. The van der Waals surface area contributed by atoms with Gasteiger partial charge in [0.2, 0.25) is 0 Å². The van der Waals surface area contributed by atoms with Gasteiger partial charge in [-0.1, -0.05) is 74.0 Å². The van der Waals surface area contributed by atoms with Gasteiger partial charge in [0.05, 0.1) is 0 Å². The highest BCUT2D eigenvalue weighted by atomic mass is 35.5. The smallest absolute Gasteiger partial charge is 0.0195 e. The van der Waals surface area contributed by atoms with Gasteiger partial charge in [-0.15, -0.1) is 24.8 Å². The summed E-state index contributed by atoms with van der Waals surface area (Å²) in [7, 11) is -0.157. The Bertz CT molecular complexity index is 392. The van der Waals surface area contributed by atoms with Crippen molar-refractivity contribution in [3.05, 3.63) is 60.7 Å². The van der Waals surface area contributed by atoms with E-state index in [0.29, 0.717) is 0 Å². The van der Waals surface area contributed by atoms with Crippen LogP contribution in [0.15, 0.2) is 60.7 Å². The van der Waals surface area contributed by atoms with Gasteiger partial charge in [0, 0.05) is 0 Å². The van der Waals surface area contributed by atoms with Crippen molar-refractivity contribution in [2.24, 2.45) is 0 Å². The fourth-order valence-electron chi connectivity index (χ4n) is 1.94. The summed E-state index contributed by atoms with van der Waals surface area (Å²) in [5, 5.41) is 3.00. The third-order valence-corrected chi connectivity index (χ3v) is 5.48. The molecule has 0 nitrogen and oxygen atoms in total. The van der Waals surface area contributed by atoms with E-state index in [0.717, 1.165) is 0 Å². The lowest BCUT2D eigenvalue weighted by molar-refractivity contribution is 0.894. The van der Waals surface area contributed by atoms with Crippen LogP contribution in [0.3, 0.4) is 0 Å². The number of benzene rings is 2. The van der Waals surface area contributed by atoms with Gasteiger partial charge in [-0.25, -0.2) is 0 Å². The zero-order valence-electron chi connectivity index (χ0n) is 11.2. The van der Waals surface area contributed by atoms with E-state index in [1.54, 1.807) is 0 Å². The summed E-state index contributed by atoms with van der Waals surface area (Å²) in [5.74, 6) is 0. The van der Waals surface area contributed by atoms with Crippen LogP contribution in [-0.4, -0.2) is 6.16 Å². The minimum Gasteiger partial charge on any atom is -0.147 e. The lowest BCUT2D eigenvalue weighted by Gasteiger charge is -2.18. The van der Waals surface area contributed by atoms with E-state index >= 15 is 0 Å². The molecule has 0 spiro atoms. The summed E-state index contributed by atoms with van der Waals surface area (Å²) < 4.78 is 0. The first-order valence-electron chi connectivity index (χ1n) is 6.29. The van der Waals surface area contributed by atoms with Crippen LogP contribution in [-0.2, 0) is 0 Å². The maximum Gasteiger partial charge on any atom is -0.0195 e. The highest BCUT2D eigenvalue weighted by Crippen LogP contribution is 2.34. The molecule has 2 aromatic carbocycles. The second kappa shape index (κ2) is 10.3. The van der Waals surface area contributed by atoms with Crippen LogP contribution < -0.4 is 10.6 Å². The SMILES string of the molecule is CCCCP(c1ccccc1)c1ccccc1.Cl.Cl. The summed E-state index contributed by atoms with van der Waals surface area (Å²) in [4.78, 5) is 0. The summed E-state index contributed by atoms with van der Waals surface area (Å²) >= 11 is 0. The van der Waals surface area contributed by atoms with Crippen molar-refractivity contribution in [3.8, 4) is 0 Å². The molecular weight excluding hydrogens is 294 g/mol. The molecule has 0 saturated carbocycles. The third-order valence-electron chi connectivity index (χ3n) is 2.87. The molecule has 3 heteroatoms. The minimum atomic E-state index is -0.157. The van der Waals surface area contributed by atoms with E-state index in [2.05, 4.69) is 67.6 Å². The van der Waals surface area contributed by atoms with Crippen LogP contribution in [0.2, 0.25) is 0 Å². The Morgan fingerprint density at radius 2 is 1.16 bits per heavy atom. The van der Waals surface area contributed by atoms with Crippen molar-refractivity contribution in [1.82, 2.24) is 0 Å². The second-order valence-electron chi connectivity index (χ2n) is 4.18. The number of halogens is 2. The van der Waals surface area contributed by atoms with E-state index in [1.165, 1.54) is 29.6 Å². The number of hydrogen-bond donors (Lipinski definition) is 0. The highest BCUT2D eigenvalue weighted by Gasteiger charge is 2.11. The van der Waals surface area contributed by atoms with Gasteiger partial charge in [-0.05, 0) is 31.1 Å². The molecule has 0 aliphatic rings. The van der Waals surface area contributed by atoms with Crippen molar-refractivity contribution >= 4 is 43.3 Å². The predicted molar refractivity (Wildman–Crippen MR) is 93.3 cm³/mol. The molecule has 0 bridgehead atoms. The Kier molecular flexibility index (Phi) is 9.97. The van der Waals surface area contributed by atoms with Gasteiger partial charge in [-0.2, -0.15) is 0 Å². The van der Waals surface area contributed by atoms with Gasteiger partial charge >= 0.3 is 0 Å². The van der Waals surface area contributed by atoms with Gasteiger partial charge in [0.25, 0.3) is 0 Å². The van der Waals surface area contributed by atoms with E-state index in [4.69, 9.17) is 0 Å². The maximum absolute atomic E-state index is 2.27. The number of hydrogen-bond acceptors (Lipinski definition) is 0. The van der Waals surface area contributed by atoms with E-state index in [9.17, 15) is 0 Å². The Balaban J connectivity index is 0.00000162. The first kappa shape index (κ1) is 18.4. The topological polar surface area (TPSA) is 0 Å². The normalized spacial score (nSPS) is 9.58. The summed E-state index contributed by atoms with van der Waals surface area (Å²) in [6.45, 7) is 2.27. The molecule has 0 fully saturated rings. The monoisotopic (exact) mass is 314 g/mol. The lowest BCUT2D eigenvalue weighted by atomic mass is 10.4. The van der Waals surface area contributed by atoms with Crippen LogP contribution in [0.1, 0.15) is 19.8 Å². The van der Waals surface area contributed by atoms with Gasteiger partial charge in [0.15, 0.2) is 0 Å². The van der Waals surface area contributed by atoms with Crippen LogP contribution in [0.25, 0.3) is 0 Å². The molecule has 0 amide bonds. The van der Waals surface area contributed by atoms with Crippen LogP contribution in [0.4, 0.5) is 0 Å². The molecule has 2 rings (SSSR count). The lowest BCUT2D eigenvalue weighted by Crippen LogP contribution is -2.13. The molecule has 0 aliphatic carbocycles. The third kappa shape index (κ3) is 5.53. The molecule has 0 aliphatic heterocycles. The van der Waals surface area contributed by atoms with E-state index in [-0.39, 0.29) is 32.7 Å². The maximum atomic E-state index is 2.27. The fraction of sp³-hybridized carbons (Fsp3) is 0.250. The van der Waals surface area contributed by atoms with E-state index in [1.807, 2.05) is 0 Å². The molecule has 104 valence electrons. The minimum absolute atomic E-state index is 0. The Morgan fingerprint density at radius 3 is 1.53 bits per heavy atom. The van der Waals surface area contributed by atoms with Gasteiger partial charge in [0.1, 0.15) is 0 Å².